The molecule has 0 aliphatic carbocycles. The molecule has 0 aliphatic heterocycles. The van der Waals surface area contributed by atoms with Gasteiger partial charge in [-0.3, -0.25) is 4.79 Å². The van der Waals surface area contributed by atoms with Gasteiger partial charge in [0.25, 0.3) is 5.56 Å². The van der Waals surface area contributed by atoms with Gasteiger partial charge in [-0.15, -0.1) is 0 Å². The molecular weight excluding hydrogens is 240 g/mol. The maximum atomic E-state index is 11.3. The molecule has 17 heavy (non-hydrogen) atoms. The summed E-state index contributed by atoms with van der Waals surface area (Å²) in [6, 6.07) is 0. The van der Waals surface area contributed by atoms with E-state index in [0.29, 0.717) is 18.2 Å². The molecule has 1 aromatic heterocycles. The number of nitrogens with two attached hydrogens (primary N) is 1. The number of hydrogen-bond donors (Lipinski definition) is 3. The van der Waals surface area contributed by atoms with E-state index in [9.17, 15) is 4.79 Å². The van der Waals surface area contributed by atoms with Gasteiger partial charge in [-0.2, -0.15) is 5.10 Å². The van der Waals surface area contributed by atoms with E-state index in [2.05, 4.69) is 29.4 Å². The van der Waals surface area contributed by atoms with Crippen LogP contribution in [0.1, 0.15) is 27.2 Å². The van der Waals surface area contributed by atoms with Crippen LogP contribution in [0.5, 0.6) is 0 Å². The molecule has 1 atom stereocenters. The van der Waals surface area contributed by atoms with Crippen LogP contribution in [-0.4, -0.2) is 22.3 Å². The summed E-state index contributed by atoms with van der Waals surface area (Å²) in [5.74, 6) is 0.491. The normalized spacial score (nSPS) is 14.7. The lowest BCUT2D eigenvalue weighted by molar-refractivity contribution is 0.407. The quantitative estimate of drug-likeness (QED) is 0.749. The van der Waals surface area contributed by atoms with Gasteiger partial charge >= 0.3 is 0 Å². The zero-order valence-electron chi connectivity index (χ0n) is 10.4. The minimum Gasteiger partial charge on any atom is -0.376 e. The maximum Gasteiger partial charge on any atom is 0.285 e. The summed E-state index contributed by atoms with van der Waals surface area (Å²) >= 11 is 5.91. The third-order valence-electron chi connectivity index (χ3n) is 2.54. The number of halogens is 1. The highest BCUT2D eigenvalue weighted by Gasteiger charge is 2.24. The topological polar surface area (TPSA) is 83.8 Å². The number of H-pyrrole nitrogens is 1. The molecule has 0 amide bonds. The van der Waals surface area contributed by atoms with Gasteiger partial charge in [-0.1, -0.05) is 25.4 Å². The van der Waals surface area contributed by atoms with Gasteiger partial charge in [-0.25, -0.2) is 5.10 Å². The van der Waals surface area contributed by atoms with Crippen LogP contribution in [0.25, 0.3) is 0 Å². The fraction of sp³-hybridized carbons (Fsp3) is 0.636. The van der Waals surface area contributed by atoms with Crippen molar-refractivity contribution in [3.05, 3.63) is 21.6 Å². The molecular formula is C11H19ClN4O. The second-order valence-corrected chi connectivity index (χ2v) is 5.29. The number of anilines is 1. The Hall–Kier alpha value is -1.07. The average Bonchev–Trinajstić information content (AvgIpc) is 2.24. The number of aromatic nitrogens is 2. The predicted molar refractivity (Wildman–Crippen MR) is 70.4 cm³/mol. The number of nitrogens with one attached hydrogen (secondary N) is 2. The maximum absolute atomic E-state index is 11.3. The monoisotopic (exact) mass is 258 g/mol. The molecule has 4 N–H and O–H groups in total. The molecule has 6 heteroatoms. The highest BCUT2D eigenvalue weighted by Crippen LogP contribution is 2.24. The average molecular weight is 259 g/mol. The van der Waals surface area contributed by atoms with E-state index in [1.165, 1.54) is 6.20 Å². The van der Waals surface area contributed by atoms with Crippen LogP contribution < -0.4 is 16.6 Å². The number of rotatable bonds is 5. The first-order valence-electron chi connectivity index (χ1n) is 5.59. The van der Waals surface area contributed by atoms with Crippen LogP contribution in [0.4, 0.5) is 5.69 Å². The zero-order chi connectivity index (χ0) is 13.1. The Balaban J connectivity index is 2.95. The van der Waals surface area contributed by atoms with Gasteiger partial charge in [0.05, 0.1) is 11.9 Å². The Morgan fingerprint density at radius 3 is 2.82 bits per heavy atom. The molecule has 0 radical (unpaired) electrons. The van der Waals surface area contributed by atoms with Gasteiger partial charge in [0, 0.05) is 12.1 Å². The summed E-state index contributed by atoms with van der Waals surface area (Å²) in [6.45, 7) is 6.69. The molecule has 1 unspecified atom stereocenters. The minimum absolute atomic E-state index is 0.114. The first kappa shape index (κ1) is 14.0. The third kappa shape index (κ3) is 3.71. The second-order valence-electron chi connectivity index (χ2n) is 4.91. The summed E-state index contributed by atoms with van der Waals surface area (Å²) in [4.78, 5) is 11.3. The molecule has 0 bridgehead atoms. The predicted octanol–water partition coefficient (Wildman–Crippen LogP) is 1.60. The van der Waals surface area contributed by atoms with Crippen molar-refractivity contribution in [2.24, 2.45) is 11.7 Å². The smallest absolute Gasteiger partial charge is 0.285 e. The van der Waals surface area contributed by atoms with Crippen molar-refractivity contribution in [3.63, 3.8) is 0 Å². The first-order chi connectivity index (χ1) is 7.88. The Morgan fingerprint density at radius 1 is 1.65 bits per heavy atom. The van der Waals surface area contributed by atoms with Gasteiger partial charge in [0.2, 0.25) is 0 Å². The van der Waals surface area contributed by atoms with Crippen LogP contribution in [-0.2, 0) is 0 Å². The Labute approximate surface area is 106 Å². The molecule has 0 saturated carbocycles. The summed E-state index contributed by atoms with van der Waals surface area (Å²) in [6.07, 6.45) is 2.38. The third-order valence-corrected chi connectivity index (χ3v) is 2.92. The van der Waals surface area contributed by atoms with Crippen LogP contribution in [0.15, 0.2) is 11.0 Å². The first-order valence-corrected chi connectivity index (χ1v) is 5.97. The van der Waals surface area contributed by atoms with E-state index in [1.807, 2.05) is 6.92 Å². The lowest BCUT2D eigenvalue weighted by Crippen LogP contribution is -2.44. The molecule has 1 heterocycles. The van der Waals surface area contributed by atoms with Crippen LogP contribution in [0.2, 0.25) is 5.02 Å². The molecule has 1 aromatic rings. The largest absolute Gasteiger partial charge is 0.376 e. The van der Waals surface area contributed by atoms with Gasteiger partial charge in [-0.05, 0) is 19.3 Å². The lowest BCUT2D eigenvalue weighted by atomic mass is 9.90. The summed E-state index contributed by atoms with van der Waals surface area (Å²) in [5.41, 5.74) is 5.60. The van der Waals surface area contributed by atoms with Gasteiger partial charge in [0.1, 0.15) is 5.02 Å². The van der Waals surface area contributed by atoms with Crippen molar-refractivity contribution in [3.8, 4) is 0 Å². The van der Waals surface area contributed by atoms with Crippen molar-refractivity contribution in [1.29, 1.82) is 0 Å². The number of aromatic amines is 1. The van der Waals surface area contributed by atoms with Crippen molar-refractivity contribution < 1.29 is 0 Å². The summed E-state index contributed by atoms with van der Waals surface area (Å²) in [5, 5.41) is 9.31. The SMILES string of the molecule is CC(C)CC(C)(CN)Nc1cn[nH]c(=O)c1Cl. The molecule has 5 nitrogen and oxygen atoms in total. The van der Waals surface area contributed by atoms with Crippen LogP contribution in [0, 0.1) is 5.92 Å². The van der Waals surface area contributed by atoms with E-state index < -0.39 is 5.56 Å². The minimum atomic E-state index is -0.402. The van der Waals surface area contributed by atoms with E-state index in [0.717, 1.165) is 6.42 Å². The molecule has 0 aromatic carbocycles. The molecule has 96 valence electrons. The fourth-order valence-electron chi connectivity index (χ4n) is 1.88. The van der Waals surface area contributed by atoms with E-state index in [4.69, 9.17) is 17.3 Å². The lowest BCUT2D eigenvalue weighted by Gasteiger charge is -2.32. The Kier molecular flexibility index (Phi) is 4.54. The molecule has 0 fully saturated rings. The van der Waals surface area contributed by atoms with Crippen molar-refractivity contribution in [2.45, 2.75) is 32.7 Å². The molecule has 0 spiro atoms. The van der Waals surface area contributed by atoms with Crippen LogP contribution >= 0.6 is 11.6 Å². The highest BCUT2D eigenvalue weighted by molar-refractivity contribution is 6.32. The Morgan fingerprint density at radius 2 is 2.29 bits per heavy atom. The standard InChI is InChI=1S/C11H19ClN4O/c1-7(2)4-11(3,6-13)15-8-5-14-16-10(17)9(8)12/h5,7H,4,6,13H2,1-3H3,(H2,15,16,17). The van der Waals surface area contributed by atoms with Crippen LogP contribution in [0.3, 0.4) is 0 Å². The van der Waals surface area contributed by atoms with Crippen molar-refractivity contribution in [2.75, 3.05) is 11.9 Å². The Bertz CT molecular complexity index is 432. The second kappa shape index (κ2) is 5.51. The van der Waals surface area contributed by atoms with Crippen molar-refractivity contribution >= 4 is 17.3 Å². The van der Waals surface area contributed by atoms with E-state index in [1.54, 1.807) is 0 Å². The van der Waals surface area contributed by atoms with Gasteiger partial charge in [0.15, 0.2) is 0 Å². The number of hydrogen-bond acceptors (Lipinski definition) is 4. The van der Waals surface area contributed by atoms with E-state index >= 15 is 0 Å². The molecule has 0 saturated heterocycles. The molecule has 0 aliphatic rings. The van der Waals surface area contributed by atoms with E-state index in [-0.39, 0.29) is 10.6 Å². The zero-order valence-corrected chi connectivity index (χ0v) is 11.1. The fourth-order valence-corrected chi connectivity index (χ4v) is 2.02. The highest BCUT2D eigenvalue weighted by atomic mass is 35.5. The van der Waals surface area contributed by atoms with Gasteiger partial charge < -0.3 is 11.1 Å². The van der Waals surface area contributed by atoms with Crippen molar-refractivity contribution in [1.82, 2.24) is 10.2 Å². The summed E-state index contributed by atoms with van der Waals surface area (Å²) in [7, 11) is 0. The number of nitrogens with zero attached hydrogens (tertiary/aromatic N) is 1. The summed E-state index contributed by atoms with van der Waals surface area (Å²) < 4.78 is 0. The molecule has 1 rings (SSSR count).